The Kier molecular flexibility index (Phi) is 3.46. The highest BCUT2D eigenvalue weighted by Crippen LogP contribution is 1.96. The van der Waals surface area contributed by atoms with Crippen LogP contribution in [-0.4, -0.2) is 18.9 Å². The largest absolute Gasteiger partial charge is 0.369 e. The molecule has 0 aromatic rings. The van der Waals surface area contributed by atoms with Gasteiger partial charge >= 0.3 is 0 Å². The van der Waals surface area contributed by atoms with Crippen molar-refractivity contribution in [1.82, 2.24) is 5.32 Å². The molecular weight excluding hydrogens is 132 g/mol. The molecule has 0 saturated heterocycles. The van der Waals surface area contributed by atoms with Crippen LogP contribution in [0.15, 0.2) is 0 Å². The van der Waals surface area contributed by atoms with Crippen LogP contribution in [0, 0.1) is 12.3 Å². The average molecular weight is 143 g/mol. The van der Waals surface area contributed by atoms with Gasteiger partial charge in [-0.3, -0.25) is 9.59 Å². The van der Waals surface area contributed by atoms with Gasteiger partial charge < -0.3 is 11.1 Å². The number of hydrogen-bond acceptors (Lipinski definition) is 2. The summed E-state index contributed by atoms with van der Waals surface area (Å²) < 4.78 is 0. The lowest BCUT2D eigenvalue weighted by atomic mass is 10.1. The minimum atomic E-state index is -0.500. The van der Waals surface area contributed by atoms with Crippen LogP contribution in [0.1, 0.15) is 6.92 Å². The van der Waals surface area contributed by atoms with Crippen LogP contribution in [0.3, 0.4) is 0 Å². The lowest BCUT2D eigenvalue weighted by Crippen LogP contribution is -2.28. The number of nitrogens with two attached hydrogens (primary N) is 1. The van der Waals surface area contributed by atoms with Crippen LogP contribution in [0.2, 0.25) is 0 Å². The minimum absolute atomic E-state index is 0.286. The van der Waals surface area contributed by atoms with Gasteiger partial charge in [0.1, 0.15) is 0 Å². The van der Waals surface area contributed by atoms with E-state index in [4.69, 9.17) is 5.73 Å². The molecular formula is C6H11N2O2. The molecule has 0 aromatic heterocycles. The maximum Gasteiger partial charge on any atom is 0.224 e. The second-order valence-corrected chi connectivity index (χ2v) is 1.97. The normalized spacial score (nSPS) is 12.2. The Morgan fingerprint density at radius 2 is 2.10 bits per heavy atom. The van der Waals surface area contributed by atoms with Crippen molar-refractivity contribution in [1.29, 1.82) is 0 Å². The molecule has 4 nitrogen and oxygen atoms in total. The maximum absolute atomic E-state index is 10.6. The van der Waals surface area contributed by atoms with Crippen molar-refractivity contribution in [3.05, 3.63) is 6.42 Å². The summed E-state index contributed by atoms with van der Waals surface area (Å²) in [5, 5.41) is 2.35. The van der Waals surface area contributed by atoms with Crippen molar-refractivity contribution in [2.75, 3.05) is 7.05 Å². The van der Waals surface area contributed by atoms with Crippen molar-refractivity contribution >= 4 is 11.8 Å². The number of rotatable bonds is 3. The predicted molar refractivity (Wildman–Crippen MR) is 36.7 cm³/mol. The van der Waals surface area contributed by atoms with Crippen LogP contribution < -0.4 is 11.1 Å². The number of carbonyl (C=O) groups excluding carboxylic acids is 2. The molecule has 10 heavy (non-hydrogen) atoms. The highest BCUT2D eigenvalue weighted by atomic mass is 16.2. The average Bonchev–Trinajstić information content (AvgIpc) is 1.87. The van der Waals surface area contributed by atoms with Crippen LogP contribution in [0.25, 0.3) is 0 Å². The zero-order valence-electron chi connectivity index (χ0n) is 6.05. The van der Waals surface area contributed by atoms with Gasteiger partial charge in [0.05, 0.1) is 6.42 Å². The molecule has 0 heterocycles. The van der Waals surface area contributed by atoms with E-state index in [1.54, 1.807) is 6.92 Å². The number of primary amides is 1. The molecule has 2 amide bonds. The molecule has 0 aromatic carbocycles. The quantitative estimate of drug-likeness (QED) is 0.535. The van der Waals surface area contributed by atoms with E-state index in [0.29, 0.717) is 0 Å². The first-order valence-electron chi connectivity index (χ1n) is 2.93. The standard InChI is InChI=1S/C6H11N2O2/c1-4(6(7)10)3-5(9)8-2/h3-4H,1-2H3,(H2,7,10)(H,8,9)/t4-/m0/s1. The molecule has 0 saturated carbocycles. The zero-order valence-corrected chi connectivity index (χ0v) is 6.05. The number of amides is 2. The summed E-state index contributed by atoms with van der Waals surface area (Å²) in [6.07, 6.45) is 1.24. The number of hydrogen-bond donors (Lipinski definition) is 2. The molecule has 0 aliphatic rings. The van der Waals surface area contributed by atoms with Gasteiger partial charge in [-0.15, -0.1) is 0 Å². The lowest BCUT2D eigenvalue weighted by Gasteiger charge is -2.03. The molecule has 4 heteroatoms. The molecule has 0 fully saturated rings. The van der Waals surface area contributed by atoms with E-state index < -0.39 is 11.8 Å². The second-order valence-electron chi connectivity index (χ2n) is 1.97. The van der Waals surface area contributed by atoms with E-state index in [0.717, 1.165) is 0 Å². The first-order chi connectivity index (χ1) is 4.57. The van der Waals surface area contributed by atoms with Crippen LogP contribution >= 0.6 is 0 Å². The fraction of sp³-hybridized carbons (Fsp3) is 0.500. The molecule has 1 atom stereocenters. The molecule has 0 aliphatic carbocycles. The third kappa shape index (κ3) is 3.06. The molecule has 0 spiro atoms. The highest BCUT2D eigenvalue weighted by Gasteiger charge is 2.12. The van der Waals surface area contributed by atoms with E-state index in [2.05, 4.69) is 5.32 Å². The lowest BCUT2D eigenvalue weighted by molar-refractivity contribution is -0.124. The molecule has 0 bridgehead atoms. The summed E-state index contributed by atoms with van der Waals surface area (Å²) in [6.45, 7) is 1.57. The van der Waals surface area contributed by atoms with Gasteiger partial charge in [0.25, 0.3) is 0 Å². The van der Waals surface area contributed by atoms with Gasteiger partial charge in [0, 0.05) is 13.0 Å². The van der Waals surface area contributed by atoms with Crippen LogP contribution in [0.4, 0.5) is 0 Å². The molecule has 0 aliphatic heterocycles. The topological polar surface area (TPSA) is 72.2 Å². The summed E-state index contributed by atoms with van der Waals surface area (Å²) in [7, 11) is 1.49. The van der Waals surface area contributed by atoms with Gasteiger partial charge in [-0.25, -0.2) is 0 Å². The molecule has 3 N–H and O–H groups in total. The fourth-order valence-electron chi connectivity index (χ4n) is 0.393. The molecule has 57 valence electrons. The van der Waals surface area contributed by atoms with Crippen LogP contribution in [0.5, 0.6) is 0 Å². The van der Waals surface area contributed by atoms with Gasteiger partial charge in [-0.05, 0) is 0 Å². The maximum atomic E-state index is 10.6. The van der Waals surface area contributed by atoms with Crippen LogP contribution in [-0.2, 0) is 9.59 Å². The van der Waals surface area contributed by atoms with Crippen molar-refractivity contribution in [3.63, 3.8) is 0 Å². The van der Waals surface area contributed by atoms with Gasteiger partial charge in [0.15, 0.2) is 0 Å². The fourth-order valence-corrected chi connectivity index (χ4v) is 0.393. The summed E-state index contributed by atoms with van der Waals surface area (Å²) >= 11 is 0. The smallest absolute Gasteiger partial charge is 0.224 e. The van der Waals surface area contributed by atoms with Crippen molar-refractivity contribution in [2.45, 2.75) is 6.92 Å². The Balaban J connectivity index is 3.68. The van der Waals surface area contributed by atoms with Crippen molar-refractivity contribution in [3.8, 4) is 0 Å². The van der Waals surface area contributed by atoms with E-state index in [-0.39, 0.29) is 5.91 Å². The minimum Gasteiger partial charge on any atom is -0.369 e. The second kappa shape index (κ2) is 3.87. The monoisotopic (exact) mass is 143 g/mol. The van der Waals surface area contributed by atoms with E-state index in [1.165, 1.54) is 13.5 Å². The van der Waals surface area contributed by atoms with Crippen molar-refractivity contribution in [2.24, 2.45) is 11.7 Å². The third-order valence-electron chi connectivity index (χ3n) is 1.10. The van der Waals surface area contributed by atoms with Gasteiger partial charge in [0.2, 0.25) is 11.8 Å². The first-order valence-corrected chi connectivity index (χ1v) is 2.93. The Hall–Kier alpha value is -1.06. The number of nitrogens with one attached hydrogen (secondary N) is 1. The Bertz CT molecular complexity index is 145. The van der Waals surface area contributed by atoms with E-state index in [1.807, 2.05) is 0 Å². The molecule has 0 unspecified atom stereocenters. The van der Waals surface area contributed by atoms with E-state index >= 15 is 0 Å². The molecule has 0 rings (SSSR count). The summed E-state index contributed by atoms with van der Waals surface area (Å²) in [6, 6.07) is 0. The van der Waals surface area contributed by atoms with Gasteiger partial charge in [-0.1, -0.05) is 6.92 Å². The zero-order chi connectivity index (χ0) is 8.15. The Morgan fingerprint density at radius 1 is 1.60 bits per heavy atom. The third-order valence-corrected chi connectivity index (χ3v) is 1.10. The van der Waals surface area contributed by atoms with Gasteiger partial charge in [-0.2, -0.15) is 0 Å². The highest BCUT2D eigenvalue weighted by molar-refractivity contribution is 5.91. The Morgan fingerprint density at radius 3 is 2.40 bits per heavy atom. The predicted octanol–water partition coefficient (Wildman–Crippen LogP) is -0.942. The first kappa shape index (κ1) is 8.94. The summed E-state index contributed by atoms with van der Waals surface area (Å²) in [5.41, 5.74) is 4.89. The molecule has 1 radical (unpaired) electrons. The summed E-state index contributed by atoms with van der Waals surface area (Å²) in [5.74, 6) is -1.28. The van der Waals surface area contributed by atoms with E-state index in [9.17, 15) is 9.59 Å². The summed E-state index contributed by atoms with van der Waals surface area (Å²) in [4.78, 5) is 20.9. The number of carbonyl (C=O) groups is 2. The van der Waals surface area contributed by atoms with Crippen molar-refractivity contribution < 1.29 is 9.59 Å². The SMILES string of the molecule is CNC(=O)[CH][C@H](C)C(N)=O. The Labute approximate surface area is 59.8 Å².